The molecule has 0 aliphatic carbocycles. The van der Waals surface area contributed by atoms with Crippen molar-refractivity contribution in [2.45, 2.75) is 39.8 Å². The monoisotopic (exact) mass is 309 g/mol. The quantitative estimate of drug-likeness (QED) is 0.573. The van der Waals surface area contributed by atoms with E-state index in [0.717, 1.165) is 19.6 Å². The summed E-state index contributed by atoms with van der Waals surface area (Å²) in [5.74, 6) is 0.944. The van der Waals surface area contributed by atoms with Crippen molar-refractivity contribution in [2.24, 2.45) is 10.9 Å². The van der Waals surface area contributed by atoms with Gasteiger partial charge in [0.05, 0.1) is 6.10 Å². The zero-order valence-corrected chi connectivity index (χ0v) is 14.0. The van der Waals surface area contributed by atoms with Crippen molar-refractivity contribution >= 4 is 5.96 Å². The summed E-state index contributed by atoms with van der Waals surface area (Å²) in [5, 5.41) is 6.36. The predicted molar refractivity (Wildman–Crippen MR) is 89.5 cm³/mol. The third-order valence-corrected chi connectivity index (χ3v) is 3.47. The SMILES string of the molecule is CCOC(CCNC(=NC)NCc1ccccc1F)C(C)C. The summed E-state index contributed by atoms with van der Waals surface area (Å²) in [6.07, 6.45) is 1.15. The second-order valence-corrected chi connectivity index (χ2v) is 5.47. The first-order chi connectivity index (χ1) is 10.6. The standard InChI is InChI=1S/C17H28FN3O/c1-5-22-16(13(2)3)10-11-20-17(19-4)21-12-14-8-6-7-9-15(14)18/h6-9,13,16H,5,10-12H2,1-4H3,(H2,19,20,21). The van der Waals surface area contributed by atoms with Gasteiger partial charge in [-0.15, -0.1) is 0 Å². The van der Waals surface area contributed by atoms with Gasteiger partial charge in [0.2, 0.25) is 0 Å². The van der Waals surface area contributed by atoms with Crippen molar-refractivity contribution < 1.29 is 9.13 Å². The van der Waals surface area contributed by atoms with E-state index in [0.29, 0.717) is 24.0 Å². The Balaban J connectivity index is 2.38. The lowest BCUT2D eigenvalue weighted by molar-refractivity contribution is 0.0258. The second kappa shape index (κ2) is 10.2. The molecule has 0 radical (unpaired) electrons. The van der Waals surface area contributed by atoms with Crippen LogP contribution >= 0.6 is 0 Å². The van der Waals surface area contributed by atoms with Crippen molar-refractivity contribution in [1.82, 2.24) is 10.6 Å². The van der Waals surface area contributed by atoms with Gasteiger partial charge < -0.3 is 15.4 Å². The lowest BCUT2D eigenvalue weighted by atomic mass is 10.0. The molecule has 1 aromatic carbocycles. The highest BCUT2D eigenvalue weighted by molar-refractivity contribution is 5.79. The normalized spacial score (nSPS) is 13.3. The van der Waals surface area contributed by atoms with Gasteiger partial charge in [-0.3, -0.25) is 4.99 Å². The molecule has 0 heterocycles. The number of guanidine groups is 1. The molecule has 0 aliphatic rings. The molecular formula is C17H28FN3O. The maximum absolute atomic E-state index is 13.6. The highest BCUT2D eigenvalue weighted by atomic mass is 19.1. The number of ether oxygens (including phenoxy) is 1. The minimum atomic E-state index is -0.207. The summed E-state index contributed by atoms with van der Waals surface area (Å²) < 4.78 is 19.3. The van der Waals surface area contributed by atoms with Crippen LogP contribution in [0.1, 0.15) is 32.8 Å². The van der Waals surface area contributed by atoms with Crippen molar-refractivity contribution in [3.63, 3.8) is 0 Å². The van der Waals surface area contributed by atoms with E-state index in [1.54, 1.807) is 19.2 Å². The molecule has 124 valence electrons. The van der Waals surface area contributed by atoms with Gasteiger partial charge in [-0.2, -0.15) is 0 Å². The largest absolute Gasteiger partial charge is 0.378 e. The minimum Gasteiger partial charge on any atom is -0.378 e. The van der Waals surface area contributed by atoms with Crippen LogP contribution in [-0.4, -0.2) is 32.3 Å². The number of halogens is 1. The Hall–Kier alpha value is -1.62. The zero-order valence-electron chi connectivity index (χ0n) is 14.0. The van der Waals surface area contributed by atoms with E-state index < -0.39 is 0 Å². The maximum Gasteiger partial charge on any atom is 0.191 e. The lowest BCUT2D eigenvalue weighted by Crippen LogP contribution is -2.39. The van der Waals surface area contributed by atoms with Crippen LogP contribution in [0.5, 0.6) is 0 Å². The molecule has 0 saturated carbocycles. The maximum atomic E-state index is 13.6. The van der Waals surface area contributed by atoms with E-state index >= 15 is 0 Å². The highest BCUT2D eigenvalue weighted by Gasteiger charge is 2.13. The van der Waals surface area contributed by atoms with Crippen LogP contribution in [0.3, 0.4) is 0 Å². The molecule has 1 unspecified atom stereocenters. The van der Waals surface area contributed by atoms with Crippen LogP contribution in [0.15, 0.2) is 29.3 Å². The van der Waals surface area contributed by atoms with Crippen LogP contribution in [0.4, 0.5) is 4.39 Å². The van der Waals surface area contributed by atoms with E-state index in [9.17, 15) is 4.39 Å². The third-order valence-electron chi connectivity index (χ3n) is 3.47. The summed E-state index contributed by atoms with van der Waals surface area (Å²) in [6.45, 7) is 8.23. The van der Waals surface area contributed by atoms with Crippen molar-refractivity contribution in [3.8, 4) is 0 Å². The van der Waals surface area contributed by atoms with Crippen molar-refractivity contribution in [2.75, 3.05) is 20.2 Å². The molecule has 1 aromatic rings. The zero-order chi connectivity index (χ0) is 16.4. The Morgan fingerprint density at radius 1 is 1.27 bits per heavy atom. The molecule has 22 heavy (non-hydrogen) atoms. The molecule has 0 bridgehead atoms. The van der Waals surface area contributed by atoms with Crippen LogP contribution in [0.2, 0.25) is 0 Å². The summed E-state index contributed by atoms with van der Waals surface area (Å²) in [5.41, 5.74) is 0.625. The smallest absolute Gasteiger partial charge is 0.191 e. The average Bonchev–Trinajstić information content (AvgIpc) is 2.50. The number of hydrogen-bond acceptors (Lipinski definition) is 2. The fraction of sp³-hybridized carbons (Fsp3) is 0.588. The molecule has 5 heteroatoms. The van der Waals surface area contributed by atoms with E-state index in [2.05, 4.69) is 29.5 Å². The molecule has 1 rings (SSSR count). The Morgan fingerprint density at radius 3 is 2.59 bits per heavy atom. The highest BCUT2D eigenvalue weighted by Crippen LogP contribution is 2.10. The number of nitrogens with zero attached hydrogens (tertiary/aromatic N) is 1. The van der Waals surface area contributed by atoms with Crippen LogP contribution in [0, 0.1) is 11.7 Å². The van der Waals surface area contributed by atoms with Crippen molar-refractivity contribution in [3.05, 3.63) is 35.6 Å². The molecule has 0 spiro atoms. The molecule has 2 N–H and O–H groups in total. The number of rotatable bonds is 8. The molecule has 0 amide bonds. The molecule has 0 aromatic heterocycles. The van der Waals surface area contributed by atoms with E-state index in [1.807, 2.05) is 13.0 Å². The van der Waals surface area contributed by atoms with Gasteiger partial charge in [0.25, 0.3) is 0 Å². The Bertz CT molecular complexity index is 463. The van der Waals surface area contributed by atoms with Gasteiger partial charge >= 0.3 is 0 Å². The minimum absolute atomic E-state index is 0.207. The second-order valence-electron chi connectivity index (χ2n) is 5.47. The summed E-state index contributed by atoms with van der Waals surface area (Å²) in [4.78, 5) is 4.15. The summed E-state index contributed by atoms with van der Waals surface area (Å²) in [6, 6.07) is 6.74. The number of aliphatic imine (C=N–C) groups is 1. The van der Waals surface area contributed by atoms with E-state index in [-0.39, 0.29) is 11.9 Å². The van der Waals surface area contributed by atoms with Crippen LogP contribution < -0.4 is 10.6 Å². The molecular weight excluding hydrogens is 281 g/mol. The lowest BCUT2D eigenvalue weighted by Gasteiger charge is -2.21. The first kappa shape index (κ1) is 18.4. The van der Waals surface area contributed by atoms with Gasteiger partial charge in [0, 0.05) is 32.3 Å². The molecule has 4 nitrogen and oxygen atoms in total. The van der Waals surface area contributed by atoms with Crippen LogP contribution in [0.25, 0.3) is 0 Å². The Labute approximate surface area is 133 Å². The van der Waals surface area contributed by atoms with E-state index in [1.165, 1.54) is 6.07 Å². The molecule has 0 aliphatic heterocycles. The van der Waals surface area contributed by atoms with Gasteiger partial charge in [-0.05, 0) is 25.3 Å². The number of nitrogens with one attached hydrogen (secondary N) is 2. The van der Waals surface area contributed by atoms with Gasteiger partial charge in [-0.1, -0.05) is 32.0 Å². The first-order valence-corrected chi connectivity index (χ1v) is 7.88. The summed E-state index contributed by atoms with van der Waals surface area (Å²) in [7, 11) is 1.71. The van der Waals surface area contributed by atoms with E-state index in [4.69, 9.17) is 4.74 Å². The molecule has 1 atom stereocenters. The van der Waals surface area contributed by atoms with Crippen molar-refractivity contribution in [1.29, 1.82) is 0 Å². The fourth-order valence-corrected chi connectivity index (χ4v) is 2.20. The average molecular weight is 309 g/mol. The topological polar surface area (TPSA) is 45.6 Å². The number of hydrogen-bond donors (Lipinski definition) is 2. The number of benzene rings is 1. The Kier molecular flexibility index (Phi) is 8.51. The first-order valence-electron chi connectivity index (χ1n) is 7.88. The Morgan fingerprint density at radius 2 is 2.00 bits per heavy atom. The summed E-state index contributed by atoms with van der Waals surface area (Å²) >= 11 is 0. The third kappa shape index (κ3) is 6.43. The fourth-order valence-electron chi connectivity index (χ4n) is 2.20. The van der Waals surface area contributed by atoms with Gasteiger partial charge in [0.15, 0.2) is 5.96 Å². The molecule has 0 saturated heterocycles. The molecule has 0 fully saturated rings. The van der Waals surface area contributed by atoms with Gasteiger partial charge in [0.1, 0.15) is 5.82 Å². The van der Waals surface area contributed by atoms with Gasteiger partial charge in [-0.25, -0.2) is 4.39 Å². The predicted octanol–water partition coefficient (Wildman–Crippen LogP) is 2.94. The van der Waals surface area contributed by atoms with Crippen LogP contribution in [-0.2, 0) is 11.3 Å².